The van der Waals surface area contributed by atoms with Gasteiger partial charge in [-0.25, -0.2) is 14.5 Å². The number of likely N-dealkylation sites (tertiary alicyclic amines) is 1. The molecule has 8 heteroatoms. The summed E-state index contributed by atoms with van der Waals surface area (Å²) in [5, 5.41) is 16.8. The first kappa shape index (κ1) is 17.0. The molecular weight excluding hydrogens is 334 g/mol. The van der Waals surface area contributed by atoms with E-state index in [2.05, 4.69) is 15.4 Å². The van der Waals surface area contributed by atoms with E-state index in [1.807, 2.05) is 29.2 Å². The molecule has 2 fully saturated rings. The molecule has 26 heavy (non-hydrogen) atoms. The molecule has 0 radical (unpaired) electrons. The van der Waals surface area contributed by atoms with Gasteiger partial charge in [0.05, 0.1) is 24.9 Å². The van der Waals surface area contributed by atoms with Crippen LogP contribution in [0.4, 0.5) is 10.5 Å². The smallest absolute Gasteiger partial charge is 0.321 e. The number of rotatable bonds is 3. The number of aromatic nitrogens is 3. The van der Waals surface area contributed by atoms with Crippen LogP contribution in [0, 0.1) is 0 Å². The predicted octanol–water partition coefficient (Wildman–Crippen LogP) is 1.47. The molecule has 0 unspecified atom stereocenters. The van der Waals surface area contributed by atoms with Gasteiger partial charge in [0.2, 0.25) is 0 Å². The molecule has 1 aromatic heterocycles. The van der Waals surface area contributed by atoms with E-state index >= 15 is 0 Å². The summed E-state index contributed by atoms with van der Waals surface area (Å²) in [7, 11) is 0. The molecule has 2 aromatic rings. The van der Waals surface area contributed by atoms with E-state index in [0.717, 1.165) is 24.1 Å². The van der Waals surface area contributed by atoms with Crippen LogP contribution >= 0.6 is 0 Å². The summed E-state index contributed by atoms with van der Waals surface area (Å²) in [6.45, 7) is 2.29. The van der Waals surface area contributed by atoms with Gasteiger partial charge >= 0.3 is 6.03 Å². The molecule has 0 aliphatic carbocycles. The van der Waals surface area contributed by atoms with E-state index in [9.17, 15) is 9.90 Å². The maximum atomic E-state index is 12.6. The van der Waals surface area contributed by atoms with Crippen LogP contribution in [-0.2, 0) is 11.3 Å². The first-order chi connectivity index (χ1) is 12.6. The monoisotopic (exact) mass is 357 g/mol. The summed E-state index contributed by atoms with van der Waals surface area (Å²) >= 11 is 0. The lowest BCUT2D eigenvalue weighted by Gasteiger charge is -2.38. The highest BCUT2D eigenvalue weighted by molar-refractivity contribution is 5.89. The van der Waals surface area contributed by atoms with Crippen LogP contribution in [0.1, 0.15) is 24.8 Å². The molecule has 3 heterocycles. The fourth-order valence-electron chi connectivity index (χ4n) is 3.74. The summed E-state index contributed by atoms with van der Waals surface area (Å²) < 4.78 is 7.52. The number of hydrogen-bond donors (Lipinski definition) is 2. The number of benzene rings is 1. The van der Waals surface area contributed by atoms with E-state index in [4.69, 9.17) is 4.74 Å². The molecule has 138 valence electrons. The van der Waals surface area contributed by atoms with Crippen molar-refractivity contribution in [2.24, 2.45) is 0 Å². The largest absolute Gasteiger partial charge is 0.391 e. The Morgan fingerprint density at radius 3 is 2.92 bits per heavy atom. The van der Waals surface area contributed by atoms with E-state index < -0.39 is 0 Å². The Balaban J connectivity index is 1.34. The summed E-state index contributed by atoms with van der Waals surface area (Å²) in [5.74, 6) is 0. The average molecular weight is 357 g/mol. The molecule has 4 rings (SSSR count). The summed E-state index contributed by atoms with van der Waals surface area (Å²) in [6.07, 6.45) is 5.00. The Morgan fingerprint density at radius 2 is 2.23 bits per heavy atom. The number of amides is 2. The minimum absolute atomic E-state index is 0.101. The lowest BCUT2D eigenvalue weighted by atomic mass is 9.88. The number of nitrogens with zero attached hydrogens (tertiary/aromatic N) is 4. The minimum Gasteiger partial charge on any atom is -0.391 e. The van der Waals surface area contributed by atoms with Crippen LogP contribution in [0.2, 0.25) is 0 Å². The molecular formula is C18H23N5O3. The van der Waals surface area contributed by atoms with Crippen molar-refractivity contribution in [1.29, 1.82) is 0 Å². The standard InChI is InChI=1S/C18H23N5O3/c24-16-9-18(26-11-16)4-6-22(7-5-18)17(25)21-15-3-1-2-14(8-15)10-23-13-19-12-20-23/h1-3,8,12-13,16,24H,4-7,9-11H2,(H,21,25)/t16-/m0/s1. The van der Waals surface area contributed by atoms with Crippen molar-refractivity contribution >= 4 is 11.7 Å². The molecule has 1 atom stereocenters. The molecule has 8 nitrogen and oxygen atoms in total. The number of ether oxygens (including phenoxy) is 1. The first-order valence-corrected chi connectivity index (χ1v) is 8.91. The van der Waals surface area contributed by atoms with Gasteiger partial charge in [0.15, 0.2) is 0 Å². The van der Waals surface area contributed by atoms with Crippen LogP contribution in [0.5, 0.6) is 0 Å². The van der Waals surface area contributed by atoms with Crippen LogP contribution in [0.15, 0.2) is 36.9 Å². The number of aliphatic hydroxyl groups is 1. The third-order valence-electron chi connectivity index (χ3n) is 5.14. The van der Waals surface area contributed by atoms with Crippen molar-refractivity contribution in [3.63, 3.8) is 0 Å². The summed E-state index contributed by atoms with van der Waals surface area (Å²) in [5.41, 5.74) is 1.56. The summed E-state index contributed by atoms with van der Waals surface area (Å²) in [4.78, 5) is 18.3. The van der Waals surface area contributed by atoms with Gasteiger partial charge in [0, 0.05) is 25.2 Å². The van der Waals surface area contributed by atoms with Crippen molar-refractivity contribution in [3.05, 3.63) is 42.5 Å². The van der Waals surface area contributed by atoms with Crippen molar-refractivity contribution in [1.82, 2.24) is 19.7 Å². The Kier molecular flexibility index (Phi) is 4.60. The van der Waals surface area contributed by atoms with Crippen LogP contribution in [-0.4, -0.2) is 62.2 Å². The zero-order valence-electron chi connectivity index (χ0n) is 14.5. The average Bonchev–Trinajstić information content (AvgIpc) is 3.26. The Morgan fingerprint density at radius 1 is 1.38 bits per heavy atom. The van der Waals surface area contributed by atoms with Crippen molar-refractivity contribution in [2.75, 3.05) is 25.0 Å². The quantitative estimate of drug-likeness (QED) is 0.868. The second-order valence-electron chi connectivity index (χ2n) is 7.06. The highest BCUT2D eigenvalue weighted by Crippen LogP contribution is 2.35. The predicted molar refractivity (Wildman–Crippen MR) is 94.7 cm³/mol. The molecule has 2 aliphatic rings. The topological polar surface area (TPSA) is 92.5 Å². The second-order valence-corrected chi connectivity index (χ2v) is 7.06. The first-order valence-electron chi connectivity index (χ1n) is 8.91. The van der Waals surface area contributed by atoms with Gasteiger partial charge in [-0.1, -0.05) is 12.1 Å². The molecule has 1 aromatic carbocycles. The molecule has 2 saturated heterocycles. The number of hydrogen-bond acceptors (Lipinski definition) is 5. The Labute approximate surface area is 151 Å². The molecule has 2 aliphatic heterocycles. The highest BCUT2D eigenvalue weighted by atomic mass is 16.5. The zero-order chi connectivity index (χ0) is 18.0. The normalized spacial score (nSPS) is 21.9. The van der Waals surface area contributed by atoms with E-state index in [1.54, 1.807) is 11.0 Å². The van der Waals surface area contributed by atoms with E-state index in [-0.39, 0.29) is 17.7 Å². The number of nitrogens with one attached hydrogen (secondary N) is 1. The van der Waals surface area contributed by atoms with Gasteiger partial charge in [-0.05, 0) is 30.5 Å². The number of urea groups is 1. The Bertz CT molecular complexity index is 756. The number of anilines is 1. The molecule has 1 spiro atoms. The molecule has 2 amide bonds. The maximum absolute atomic E-state index is 12.6. The lowest BCUT2D eigenvalue weighted by molar-refractivity contribution is -0.0365. The van der Waals surface area contributed by atoms with Gasteiger partial charge in [0.25, 0.3) is 0 Å². The number of carbonyl (C=O) groups excluding carboxylic acids is 1. The number of aliphatic hydroxyl groups excluding tert-OH is 1. The number of piperidine rings is 1. The van der Waals surface area contributed by atoms with Crippen LogP contribution in [0.3, 0.4) is 0 Å². The zero-order valence-corrected chi connectivity index (χ0v) is 14.5. The van der Waals surface area contributed by atoms with Gasteiger partial charge in [0.1, 0.15) is 12.7 Å². The third-order valence-corrected chi connectivity index (χ3v) is 5.14. The molecule has 2 N–H and O–H groups in total. The highest BCUT2D eigenvalue weighted by Gasteiger charge is 2.42. The van der Waals surface area contributed by atoms with Gasteiger partial charge < -0.3 is 20.1 Å². The fourth-order valence-corrected chi connectivity index (χ4v) is 3.74. The van der Waals surface area contributed by atoms with Crippen LogP contribution < -0.4 is 5.32 Å². The SMILES string of the molecule is O=C(Nc1cccc(Cn2cncn2)c1)N1CCC2(CC1)C[C@H](O)CO2. The minimum atomic E-state index is -0.372. The van der Waals surface area contributed by atoms with Gasteiger partial charge in [-0.2, -0.15) is 5.10 Å². The molecule has 0 saturated carbocycles. The van der Waals surface area contributed by atoms with Gasteiger partial charge in [-0.3, -0.25) is 0 Å². The van der Waals surface area contributed by atoms with Crippen molar-refractivity contribution in [3.8, 4) is 0 Å². The Hall–Kier alpha value is -2.45. The lowest BCUT2D eigenvalue weighted by Crippen LogP contribution is -2.47. The molecule has 0 bridgehead atoms. The van der Waals surface area contributed by atoms with E-state index in [1.165, 1.54) is 6.33 Å². The van der Waals surface area contributed by atoms with Crippen molar-refractivity contribution in [2.45, 2.75) is 37.5 Å². The van der Waals surface area contributed by atoms with E-state index in [0.29, 0.717) is 32.7 Å². The van der Waals surface area contributed by atoms with Crippen LogP contribution in [0.25, 0.3) is 0 Å². The van der Waals surface area contributed by atoms with Gasteiger partial charge in [-0.15, -0.1) is 0 Å². The maximum Gasteiger partial charge on any atom is 0.321 e. The fraction of sp³-hybridized carbons (Fsp3) is 0.500. The number of carbonyl (C=O) groups is 1. The summed E-state index contributed by atoms with van der Waals surface area (Å²) in [6, 6.07) is 7.63. The van der Waals surface area contributed by atoms with Crippen molar-refractivity contribution < 1.29 is 14.6 Å². The second kappa shape index (κ2) is 7.05. The third kappa shape index (κ3) is 3.71.